The van der Waals surface area contributed by atoms with Crippen molar-refractivity contribution in [1.82, 2.24) is 10.0 Å². The molecule has 1 unspecified atom stereocenters. The third-order valence-electron chi connectivity index (χ3n) is 3.27. The van der Waals surface area contributed by atoms with E-state index in [1.165, 1.54) is 13.8 Å². The Morgan fingerprint density at radius 2 is 2.10 bits per heavy atom. The average Bonchev–Trinajstić information content (AvgIpc) is 2.70. The molecule has 0 aromatic heterocycles. The van der Waals surface area contributed by atoms with Gasteiger partial charge in [-0.15, -0.1) is 0 Å². The summed E-state index contributed by atoms with van der Waals surface area (Å²) < 4.78 is 40.7. The lowest BCUT2D eigenvalue weighted by Gasteiger charge is -2.16. The number of amides is 1. The zero-order valence-electron chi connectivity index (χ0n) is 11.2. The zero-order valence-corrected chi connectivity index (χ0v) is 12.0. The summed E-state index contributed by atoms with van der Waals surface area (Å²) in [5.74, 6) is -0.846. The van der Waals surface area contributed by atoms with E-state index in [1.807, 2.05) is 0 Å². The van der Waals surface area contributed by atoms with Crippen LogP contribution in [-0.4, -0.2) is 26.9 Å². The summed E-state index contributed by atoms with van der Waals surface area (Å²) in [4.78, 5) is 11.1. The third kappa shape index (κ3) is 2.61. The number of benzene rings is 1. The number of hydrogen-bond acceptors (Lipinski definition) is 4. The van der Waals surface area contributed by atoms with Crippen molar-refractivity contribution in [2.45, 2.75) is 31.2 Å². The first-order valence-corrected chi connectivity index (χ1v) is 7.55. The predicted octanol–water partition coefficient (Wildman–Crippen LogP) is 0.192. The van der Waals surface area contributed by atoms with Crippen LogP contribution in [0.4, 0.5) is 10.1 Å². The standard InChI is InChI=1S/C12H16FN3O3S/c1-6-3-9(13)11(14)7(2)12(6)20(18,19)16-8-4-10(17)15-5-8/h3,8,16H,4-5,14H2,1-2H3,(H,15,17). The van der Waals surface area contributed by atoms with Gasteiger partial charge in [-0.1, -0.05) is 0 Å². The van der Waals surface area contributed by atoms with Gasteiger partial charge in [-0.3, -0.25) is 4.79 Å². The van der Waals surface area contributed by atoms with Crippen molar-refractivity contribution in [3.63, 3.8) is 0 Å². The number of sulfonamides is 1. The number of hydrogen-bond donors (Lipinski definition) is 3. The Morgan fingerprint density at radius 1 is 1.45 bits per heavy atom. The van der Waals surface area contributed by atoms with Crippen LogP contribution < -0.4 is 15.8 Å². The molecule has 20 heavy (non-hydrogen) atoms. The minimum atomic E-state index is -3.86. The molecule has 1 aliphatic rings. The molecule has 1 saturated heterocycles. The second-order valence-corrected chi connectivity index (χ2v) is 6.52. The lowest BCUT2D eigenvalue weighted by atomic mass is 10.1. The molecule has 0 aliphatic carbocycles. The molecule has 0 bridgehead atoms. The molecular formula is C12H16FN3O3S. The van der Waals surface area contributed by atoms with E-state index in [2.05, 4.69) is 10.0 Å². The fraction of sp³-hybridized carbons (Fsp3) is 0.417. The minimum absolute atomic E-state index is 0.0317. The first kappa shape index (κ1) is 14.7. The highest BCUT2D eigenvalue weighted by atomic mass is 32.2. The van der Waals surface area contributed by atoms with E-state index < -0.39 is 21.9 Å². The van der Waals surface area contributed by atoms with Crippen LogP contribution in [0.3, 0.4) is 0 Å². The molecule has 1 aromatic carbocycles. The van der Waals surface area contributed by atoms with Crippen LogP contribution in [0.15, 0.2) is 11.0 Å². The molecule has 6 nitrogen and oxygen atoms in total. The van der Waals surface area contributed by atoms with Gasteiger partial charge in [0.05, 0.1) is 10.6 Å². The van der Waals surface area contributed by atoms with Crippen molar-refractivity contribution in [3.8, 4) is 0 Å². The summed E-state index contributed by atoms with van der Waals surface area (Å²) in [7, 11) is -3.86. The van der Waals surface area contributed by atoms with Crippen molar-refractivity contribution < 1.29 is 17.6 Å². The van der Waals surface area contributed by atoms with Gasteiger partial charge in [0.1, 0.15) is 5.82 Å². The van der Waals surface area contributed by atoms with Gasteiger partial charge in [0, 0.05) is 19.0 Å². The van der Waals surface area contributed by atoms with Crippen molar-refractivity contribution >= 4 is 21.6 Å². The van der Waals surface area contributed by atoms with Crippen LogP contribution in [0.2, 0.25) is 0 Å². The number of rotatable bonds is 3. The van der Waals surface area contributed by atoms with Gasteiger partial charge in [-0.2, -0.15) is 0 Å². The maximum Gasteiger partial charge on any atom is 0.241 e. The monoisotopic (exact) mass is 301 g/mol. The van der Waals surface area contributed by atoms with E-state index in [-0.39, 0.29) is 40.6 Å². The molecule has 0 spiro atoms. The summed E-state index contributed by atoms with van der Waals surface area (Å²) in [6, 6.07) is 0.590. The first-order chi connectivity index (χ1) is 9.22. The van der Waals surface area contributed by atoms with Gasteiger partial charge in [-0.25, -0.2) is 17.5 Å². The van der Waals surface area contributed by atoms with Crippen LogP contribution in [0.25, 0.3) is 0 Å². The fourth-order valence-corrected chi connectivity index (χ4v) is 4.03. The molecule has 1 heterocycles. The highest BCUT2D eigenvalue weighted by molar-refractivity contribution is 7.89. The number of anilines is 1. The van der Waals surface area contributed by atoms with Crippen molar-refractivity contribution in [2.24, 2.45) is 0 Å². The lowest BCUT2D eigenvalue weighted by molar-refractivity contribution is -0.119. The van der Waals surface area contributed by atoms with Gasteiger partial charge >= 0.3 is 0 Å². The van der Waals surface area contributed by atoms with E-state index in [0.29, 0.717) is 0 Å². The number of nitrogen functional groups attached to an aromatic ring is 1. The molecule has 0 radical (unpaired) electrons. The maximum atomic E-state index is 13.5. The van der Waals surface area contributed by atoms with Crippen molar-refractivity contribution in [2.75, 3.05) is 12.3 Å². The smallest absolute Gasteiger partial charge is 0.241 e. The molecule has 1 amide bonds. The Balaban J connectivity index is 2.40. The molecule has 1 aromatic rings. The van der Waals surface area contributed by atoms with Gasteiger partial charge < -0.3 is 11.1 Å². The minimum Gasteiger partial charge on any atom is -0.396 e. The Morgan fingerprint density at radius 3 is 2.65 bits per heavy atom. The molecule has 2 rings (SSSR count). The normalized spacial score (nSPS) is 19.1. The molecule has 8 heteroatoms. The second-order valence-electron chi connectivity index (χ2n) is 4.87. The van der Waals surface area contributed by atoms with Crippen LogP contribution >= 0.6 is 0 Å². The summed E-state index contributed by atoms with van der Waals surface area (Å²) in [6.07, 6.45) is 0.0913. The van der Waals surface area contributed by atoms with Gasteiger partial charge in [0.25, 0.3) is 0 Å². The molecule has 1 atom stereocenters. The topological polar surface area (TPSA) is 101 Å². The molecular weight excluding hydrogens is 285 g/mol. The van der Waals surface area contributed by atoms with Crippen LogP contribution in [0.1, 0.15) is 17.5 Å². The second kappa shape index (κ2) is 5.02. The summed E-state index contributed by atoms with van der Waals surface area (Å²) in [6.45, 7) is 3.20. The fourth-order valence-electron chi connectivity index (χ4n) is 2.31. The number of carbonyl (C=O) groups excluding carboxylic acids is 1. The van der Waals surface area contributed by atoms with Crippen LogP contribution in [0, 0.1) is 19.7 Å². The van der Waals surface area contributed by atoms with Crippen LogP contribution in [-0.2, 0) is 14.8 Å². The van der Waals surface area contributed by atoms with Crippen molar-refractivity contribution in [1.29, 1.82) is 0 Å². The molecule has 4 N–H and O–H groups in total. The number of nitrogens with two attached hydrogens (primary N) is 1. The number of halogens is 1. The van der Waals surface area contributed by atoms with E-state index >= 15 is 0 Å². The third-order valence-corrected chi connectivity index (χ3v) is 5.08. The van der Waals surface area contributed by atoms with Crippen LogP contribution in [0.5, 0.6) is 0 Å². The molecule has 110 valence electrons. The highest BCUT2D eigenvalue weighted by Gasteiger charge is 2.29. The lowest BCUT2D eigenvalue weighted by Crippen LogP contribution is -2.37. The molecule has 1 fully saturated rings. The predicted molar refractivity (Wildman–Crippen MR) is 72.0 cm³/mol. The zero-order chi connectivity index (χ0) is 15.1. The van der Waals surface area contributed by atoms with Gasteiger partial charge in [0.15, 0.2) is 0 Å². The van der Waals surface area contributed by atoms with Gasteiger partial charge in [0.2, 0.25) is 15.9 Å². The Kier molecular flexibility index (Phi) is 3.70. The summed E-state index contributed by atoms with van der Waals surface area (Å²) >= 11 is 0. The van der Waals surface area contributed by atoms with E-state index in [9.17, 15) is 17.6 Å². The number of carbonyl (C=O) groups is 1. The van der Waals surface area contributed by atoms with Crippen molar-refractivity contribution in [3.05, 3.63) is 23.0 Å². The highest BCUT2D eigenvalue weighted by Crippen LogP contribution is 2.27. The van der Waals surface area contributed by atoms with E-state index in [4.69, 9.17) is 5.73 Å². The first-order valence-electron chi connectivity index (χ1n) is 6.06. The Hall–Kier alpha value is -1.67. The maximum absolute atomic E-state index is 13.5. The average molecular weight is 301 g/mol. The summed E-state index contributed by atoms with van der Waals surface area (Å²) in [5.41, 5.74) is 5.81. The van der Waals surface area contributed by atoms with E-state index in [0.717, 1.165) is 6.07 Å². The largest absolute Gasteiger partial charge is 0.396 e. The Bertz CT molecular complexity index is 673. The molecule has 0 saturated carbocycles. The SMILES string of the molecule is Cc1cc(F)c(N)c(C)c1S(=O)(=O)NC1CNC(=O)C1. The quantitative estimate of drug-likeness (QED) is 0.694. The Labute approximate surface area is 116 Å². The number of nitrogens with one attached hydrogen (secondary N) is 2. The molecule has 1 aliphatic heterocycles. The van der Waals surface area contributed by atoms with Gasteiger partial charge in [-0.05, 0) is 31.0 Å². The summed E-state index contributed by atoms with van der Waals surface area (Å²) in [5, 5.41) is 2.54. The number of aryl methyl sites for hydroxylation is 1. The van der Waals surface area contributed by atoms with E-state index in [1.54, 1.807) is 0 Å².